The highest BCUT2D eigenvalue weighted by Gasteiger charge is 2.38. The van der Waals surface area contributed by atoms with Crippen LogP contribution in [0.15, 0.2) is 65.7 Å². The van der Waals surface area contributed by atoms with E-state index in [4.69, 9.17) is 16.3 Å². The lowest BCUT2D eigenvalue weighted by Crippen LogP contribution is -2.42. The second-order valence-corrected chi connectivity index (χ2v) is 10.2. The van der Waals surface area contributed by atoms with Gasteiger partial charge in [-0.1, -0.05) is 35.9 Å². The number of hydrogen-bond acceptors (Lipinski definition) is 5. The Morgan fingerprint density at radius 1 is 1.19 bits per heavy atom. The maximum atomic E-state index is 13.2. The lowest BCUT2D eigenvalue weighted by Gasteiger charge is -2.38. The standard InChI is InChI=1S/C29H32ClN3O3/c1-32-26-12-11-22(36-2)19-25(26)23(24-5-3-15-31-27(24)28(32)34)6-4-16-33-17-13-29(35,14-18-33)20-7-9-21(30)10-8-20/h3,5-12,15,19,24,27,35H,4,13-14,16-18H2,1-2H3/b23-6+. The number of amides is 1. The van der Waals surface area contributed by atoms with Gasteiger partial charge in [0.15, 0.2) is 0 Å². The maximum Gasteiger partial charge on any atom is 0.252 e. The molecule has 0 aliphatic carbocycles. The number of benzene rings is 2. The molecule has 2 aromatic rings. The second-order valence-electron chi connectivity index (χ2n) is 9.76. The van der Waals surface area contributed by atoms with E-state index in [1.165, 1.54) is 0 Å². The first kappa shape index (κ1) is 24.8. The number of aliphatic hydroxyl groups is 1. The molecule has 0 bridgehead atoms. The molecular formula is C29H32ClN3O3. The topological polar surface area (TPSA) is 65.4 Å². The molecule has 1 N–H and O–H groups in total. The number of fused-ring (bicyclic) bond motifs is 2. The number of allylic oxidation sites excluding steroid dienone is 1. The Morgan fingerprint density at radius 3 is 2.67 bits per heavy atom. The molecule has 36 heavy (non-hydrogen) atoms. The maximum absolute atomic E-state index is 13.2. The number of anilines is 1. The summed E-state index contributed by atoms with van der Waals surface area (Å²) in [6.07, 6.45) is 10.2. The number of carbonyl (C=O) groups excluding carboxylic acids is 1. The van der Waals surface area contributed by atoms with Crippen LogP contribution < -0.4 is 9.64 Å². The number of ether oxygens (including phenoxy) is 1. The zero-order valence-electron chi connectivity index (χ0n) is 20.7. The summed E-state index contributed by atoms with van der Waals surface area (Å²) in [5, 5.41) is 11.9. The molecule has 3 heterocycles. The van der Waals surface area contributed by atoms with Gasteiger partial charge in [-0.2, -0.15) is 0 Å². The number of likely N-dealkylation sites (tertiary alicyclic amines) is 1. The Labute approximate surface area is 217 Å². The highest BCUT2D eigenvalue weighted by molar-refractivity contribution is 6.30. The largest absolute Gasteiger partial charge is 0.497 e. The molecule has 5 rings (SSSR count). The van der Waals surface area contributed by atoms with Gasteiger partial charge in [0.1, 0.15) is 11.8 Å². The minimum Gasteiger partial charge on any atom is -0.497 e. The third-order valence-electron chi connectivity index (χ3n) is 7.68. The molecule has 6 nitrogen and oxygen atoms in total. The summed E-state index contributed by atoms with van der Waals surface area (Å²) in [6, 6.07) is 12.9. The van der Waals surface area contributed by atoms with E-state index in [1.54, 1.807) is 18.2 Å². The van der Waals surface area contributed by atoms with Crippen LogP contribution in [0.4, 0.5) is 5.69 Å². The minimum atomic E-state index is -0.806. The summed E-state index contributed by atoms with van der Waals surface area (Å²) in [5.41, 5.74) is 3.11. The fourth-order valence-electron chi connectivity index (χ4n) is 5.51. The Balaban J connectivity index is 1.34. The van der Waals surface area contributed by atoms with Crippen molar-refractivity contribution in [3.8, 4) is 5.75 Å². The Kier molecular flexibility index (Phi) is 7.02. The van der Waals surface area contributed by atoms with Crippen molar-refractivity contribution in [3.05, 3.63) is 76.8 Å². The summed E-state index contributed by atoms with van der Waals surface area (Å²) in [5.74, 6) is 0.641. The number of methoxy groups -OCH3 is 1. The molecule has 2 unspecified atom stereocenters. The van der Waals surface area contributed by atoms with E-state index in [9.17, 15) is 9.90 Å². The number of halogens is 1. The van der Waals surface area contributed by atoms with Crippen molar-refractivity contribution in [2.24, 2.45) is 10.9 Å². The lowest BCUT2D eigenvalue weighted by atomic mass is 9.84. The average Bonchev–Trinajstić information content (AvgIpc) is 2.99. The van der Waals surface area contributed by atoms with Crippen molar-refractivity contribution in [2.45, 2.75) is 30.9 Å². The summed E-state index contributed by atoms with van der Waals surface area (Å²) in [4.78, 5) is 21.9. The number of carbonyl (C=O) groups is 1. The van der Waals surface area contributed by atoms with Crippen molar-refractivity contribution >= 4 is 35.0 Å². The van der Waals surface area contributed by atoms with Gasteiger partial charge in [-0.05, 0) is 66.8 Å². The number of dihydropyridines is 1. The fraction of sp³-hybridized carbons (Fsp3) is 0.379. The molecule has 0 aromatic heterocycles. The first-order valence-electron chi connectivity index (χ1n) is 12.5. The fourth-order valence-corrected chi connectivity index (χ4v) is 5.63. The first-order chi connectivity index (χ1) is 17.4. The molecule has 0 radical (unpaired) electrons. The Hall–Kier alpha value is -2.93. The predicted molar refractivity (Wildman–Crippen MR) is 145 cm³/mol. The van der Waals surface area contributed by atoms with Gasteiger partial charge in [-0.25, -0.2) is 0 Å². The van der Waals surface area contributed by atoms with E-state index in [-0.39, 0.29) is 11.8 Å². The zero-order chi connectivity index (χ0) is 25.3. The van der Waals surface area contributed by atoms with Crippen LogP contribution in [-0.2, 0) is 10.4 Å². The van der Waals surface area contributed by atoms with Crippen LogP contribution in [0, 0.1) is 5.92 Å². The molecule has 1 amide bonds. The molecule has 1 saturated heterocycles. The molecule has 3 aliphatic heterocycles. The molecule has 2 aromatic carbocycles. The van der Waals surface area contributed by atoms with Gasteiger partial charge in [0.05, 0.1) is 18.4 Å². The van der Waals surface area contributed by atoms with E-state index >= 15 is 0 Å². The zero-order valence-corrected chi connectivity index (χ0v) is 21.5. The summed E-state index contributed by atoms with van der Waals surface area (Å²) in [6.45, 7) is 2.53. The smallest absolute Gasteiger partial charge is 0.252 e. The van der Waals surface area contributed by atoms with Crippen LogP contribution in [0.1, 0.15) is 30.4 Å². The van der Waals surface area contributed by atoms with Gasteiger partial charge in [-0.3, -0.25) is 9.79 Å². The van der Waals surface area contributed by atoms with Gasteiger partial charge < -0.3 is 19.6 Å². The molecule has 7 heteroatoms. The molecule has 3 aliphatic rings. The SMILES string of the molecule is COc1ccc2c(c1)/C(=C/CCN1CCC(O)(c3ccc(Cl)cc3)CC1)C1C=CC=NC1C(=O)N2C. The molecule has 0 spiro atoms. The quantitative estimate of drug-likeness (QED) is 0.639. The van der Waals surface area contributed by atoms with Crippen molar-refractivity contribution in [2.75, 3.05) is 38.7 Å². The van der Waals surface area contributed by atoms with Gasteiger partial charge >= 0.3 is 0 Å². The highest BCUT2D eigenvalue weighted by atomic mass is 35.5. The van der Waals surface area contributed by atoms with Gasteiger partial charge in [0.2, 0.25) is 0 Å². The Morgan fingerprint density at radius 2 is 1.94 bits per heavy atom. The molecule has 1 fully saturated rings. The van der Waals surface area contributed by atoms with Crippen LogP contribution in [0.25, 0.3) is 5.57 Å². The van der Waals surface area contributed by atoms with Crippen LogP contribution >= 0.6 is 11.6 Å². The van der Waals surface area contributed by atoms with Crippen molar-refractivity contribution in [3.63, 3.8) is 0 Å². The van der Waals surface area contributed by atoms with Crippen LogP contribution in [0.3, 0.4) is 0 Å². The highest BCUT2D eigenvalue weighted by Crippen LogP contribution is 2.42. The van der Waals surface area contributed by atoms with E-state index in [2.05, 4.69) is 22.0 Å². The van der Waals surface area contributed by atoms with E-state index in [0.29, 0.717) is 17.9 Å². The minimum absolute atomic E-state index is 0.00654. The third-order valence-corrected chi connectivity index (χ3v) is 7.94. The van der Waals surface area contributed by atoms with E-state index < -0.39 is 11.6 Å². The van der Waals surface area contributed by atoms with Crippen LogP contribution in [0.5, 0.6) is 5.75 Å². The van der Waals surface area contributed by atoms with Crippen LogP contribution in [0.2, 0.25) is 5.02 Å². The first-order valence-corrected chi connectivity index (χ1v) is 12.8. The number of nitrogens with zero attached hydrogens (tertiary/aromatic N) is 3. The lowest BCUT2D eigenvalue weighted by molar-refractivity contribution is -0.119. The second kappa shape index (κ2) is 10.2. The van der Waals surface area contributed by atoms with Crippen molar-refractivity contribution < 1.29 is 14.6 Å². The summed E-state index contributed by atoms with van der Waals surface area (Å²) >= 11 is 6.02. The Bertz CT molecular complexity index is 1210. The molecular weight excluding hydrogens is 474 g/mol. The van der Waals surface area contributed by atoms with Gasteiger partial charge in [0, 0.05) is 49.4 Å². The molecule has 2 atom stereocenters. The summed E-state index contributed by atoms with van der Waals surface area (Å²) in [7, 11) is 3.48. The predicted octanol–water partition coefficient (Wildman–Crippen LogP) is 4.71. The van der Waals surface area contributed by atoms with Gasteiger partial charge in [-0.15, -0.1) is 0 Å². The average molecular weight is 506 g/mol. The third kappa shape index (κ3) is 4.73. The molecule has 188 valence electrons. The van der Waals surface area contributed by atoms with E-state index in [0.717, 1.165) is 54.2 Å². The number of piperidine rings is 1. The van der Waals surface area contributed by atoms with Crippen molar-refractivity contribution in [1.82, 2.24) is 4.90 Å². The van der Waals surface area contributed by atoms with Crippen LogP contribution in [-0.4, -0.2) is 62.0 Å². The number of aliphatic imine (C=N–C) groups is 1. The number of likely N-dealkylation sites (N-methyl/N-ethyl adjacent to an activating group) is 1. The molecule has 0 saturated carbocycles. The number of rotatable bonds is 5. The van der Waals surface area contributed by atoms with E-state index in [1.807, 2.05) is 55.6 Å². The summed E-state index contributed by atoms with van der Waals surface area (Å²) < 4.78 is 5.51. The number of hydrogen-bond donors (Lipinski definition) is 1. The normalized spacial score (nSPS) is 24.4. The van der Waals surface area contributed by atoms with Gasteiger partial charge in [0.25, 0.3) is 5.91 Å². The monoisotopic (exact) mass is 505 g/mol. The van der Waals surface area contributed by atoms with Crippen molar-refractivity contribution in [1.29, 1.82) is 0 Å².